The van der Waals surface area contributed by atoms with Crippen molar-refractivity contribution in [2.45, 2.75) is 13.8 Å². The minimum Gasteiger partial charge on any atom is -0.491 e. The third-order valence-corrected chi connectivity index (χ3v) is 5.11. The lowest BCUT2D eigenvalue weighted by molar-refractivity contribution is 0.405. The molecule has 0 radical (unpaired) electrons. The molecule has 0 aliphatic carbocycles. The number of hydrogen-bond acceptors (Lipinski definition) is 5. The molecule has 1 aromatic carbocycles. The molecule has 0 bridgehead atoms. The average molecular weight is 420 g/mol. The summed E-state index contributed by atoms with van der Waals surface area (Å²) in [5.74, 6) is 0.218. The summed E-state index contributed by atoms with van der Waals surface area (Å²) in [6.45, 7) is 7.32. The highest BCUT2D eigenvalue weighted by Gasteiger charge is 2.20. The van der Waals surface area contributed by atoms with Crippen LogP contribution in [-0.4, -0.2) is 36.2 Å². The molecule has 0 aliphatic rings. The van der Waals surface area contributed by atoms with Gasteiger partial charge in [0.15, 0.2) is 17.3 Å². The second-order valence-electron chi connectivity index (χ2n) is 6.98. The van der Waals surface area contributed by atoms with Gasteiger partial charge >= 0.3 is 0 Å². The minimum absolute atomic E-state index is 0.0313. The van der Waals surface area contributed by atoms with E-state index in [1.54, 1.807) is 59.8 Å². The highest BCUT2D eigenvalue weighted by Crippen LogP contribution is 2.26. The number of allylic oxidation sites excluding steroid dienone is 3. The Morgan fingerprint density at radius 2 is 2.06 bits per heavy atom. The fourth-order valence-corrected chi connectivity index (χ4v) is 3.45. The molecular formula is C22H21FN6O2. The lowest BCUT2D eigenvalue weighted by atomic mass is 10.2. The number of aryl methyl sites for hydroxylation is 2. The molecule has 0 atom stereocenters. The Labute approximate surface area is 177 Å². The zero-order valence-corrected chi connectivity index (χ0v) is 17.6. The molecule has 0 spiro atoms. The van der Waals surface area contributed by atoms with Gasteiger partial charge in [-0.25, -0.2) is 18.7 Å². The number of fused-ring (bicyclic) bond motifs is 1. The summed E-state index contributed by atoms with van der Waals surface area (Å²) in [4.78, 5) is 17.3. The van der Waals surface area contributed by atoms with Crippen molar-refractivity contribution in [3.05, 3.63) is 71.2 Å². The first-order valence-corrected chi connectivity index (χ1v) is 9.51. The molecule has 3 aromatic heterocycles. The average Bonchev–Trinajstić information content (AvgIpc) is 3.34. The molecule has 0 amide bonds. The predicted octanol–water partition coefficient (Wildman–Crippen LogP) is 3.49. The number of nitrogens with zero attached hydrogens (tertiary/aromatic N) is 6. The number of halogens is 1. The molecular weight excluding hydrogens is 399 g/mol. The van der Waals surface area contributed by atoms with Crippen molar-refractivity contribution in [3.63, 3.8) is 0 Å². The molecule has 8 nitrogen and oxygen atoms in total. The normalized spacial score (nSPS) is 11.8. The number of aromatic nitrogens is 6. The van der Waals surface area contributed by atoms with E-state index < -0.39 is 11.2 Å². The number of rotatable bonds is 5. The molecule has 0 unspecified atom stereocenters. The summed E-state index contributed by atoms with van der Waals surface area (Å²) in [5.41, 5.74) is 1.90. The fourth-order valence-electron chi connectivity index (χ4n) is 3.45. The molecule has 9 heteroatoms. The Hall–Kier alpha value is -4.01. The number of benzene rings is 1. The van der Waals surface area contributed by atoms with Crippen molar-refractivity contribution in [3.8, 4) is 22.8 Å². The minimum atomic E-state index is -0.499. The van der Waals surface area contributed by atoms with Crippen molar-refractivity contribution < 1.29 is 9.13 Å². The zero-order valence-electron chi connectivity index (χ0n) is 17.6. The number of ether oxygens (including phenoxy) is 1. The maximum absolute atomic E-state index is 15.5. The Bertz CT molecular complexity index is 1410. The largest absolute Gasteiger partial charge is 0.491 e. The van der Waals surface area contributed by atoms with Crippen LogP contribution in [0.1, 0.15) is 12.7 Å². The zero-order chi connectivity index (χ0) is 22.3. The molecule has 0 saturated heterocycles. The lowest BCUT2D eigenvalue weighted by Crippen LogP contribution is -2.18. The van der Waals surface area contributed by atoms with Gasteiger partial charge in [0.1, 0.15) is 17.0 Å². The first-order chi connectivity index (χ1) is 14.9. The molecule has 4 rings (SSSR count). The number of hydrogen-bond donors (Lipinski definition) is 0. The van der Waals surface area contributed by atoms with Crippen LogP contribution < -0.4 is 10.2 Å². The summed E-state index contributed by atoms with van der Waals surface area (Å²) in [5, 5.41) is 8.71. The summed E-state index contributed by atoms with van der Waals surface area (Å²) in [6.07, 6.45) is 6.31. The highest BCUT2D eigenvalue weighted by molar-refractivity contribution is 5.79. The second-order valence-corrected chi connectivity index (χ2v) is 6.98. The van der Waals surface area contributed by atoms with E-state index >= 15 is 4.39 Å². The van der Waals surface area contributed by atoms with Gasteiger partial charge in [0.05, 0.1) is 30.7 Å². The van der Waals surface area contributed by atoms with E-state index in [2.05, 4.69) is 21.8 Å². The first kappa shape index (κ1) is 20.3. The highest BCUT2D eigenvalue weighted by atomic mass is 19.1. The first-order valence-electron chi connectivity index (χ1n) is 9.51. The maximum atomic E-state index is 15.5. The van der Waals surface area contributed by atoms with Gasteiger partial charge in [0.25, 0.3) is 5.43 Å². The van der Waals surface area contributed by atoms with Gasteiger partial charge in [-0.2, -0.15) is 10.2 Å². The quantitative estimate of drug-likeness (QED) is 0.462. The molecule has 158 valence electrons. The SMILES string of the molecule is C=C/C=C(\C)n1nccc1-c1nn(-c2ccc3nc(C)n(C)c3c2F)cc(OC)c1=O. The Kier molecular flexibility index (Phi) is 5.02. The van der Waals surface area contributed by atoms with Gasteiger partial charge in [-0.3, -0.25) is 4.79 Å². The molecule has 0 aliphatic heterocycles. The van der Waals surface area contributed by atoms with Crippen LogP contribution in [-0.2, 0) is 7.05 Å². The van der Waals surface area contributed by atoms with Gasteiger partial charge in [0, 0.05) is 12.7 Å². The van der Waals surface area contributed by atoms with Gasteiger partial charge in [0.2, 0.25) is 0 Å². The van der Waals surface area contributed by atoms with Crippen LogP contribution in [0.3, 0.4) is 0 Å². The van der Waals surface area contributed by atoms with Crippen molar-refractivity contribution in [1.29, 1.82) is 0 Å². The molecule has 0 N–H and O–H groups in total. The van der Waals surface area contributed by atoms with Gasteiger partial charge in [-0.05, 0) is 38.1 Å². The van der Waals surface area contributed by atoms with Crippen molar-refractivity contribution >= 4 is 16.7 Å². The third-order valence-electron chi connectivity index (χ3n) is 5.11. The van der Waals surface area contributed by atoms with Crippen LogP contribution >= 0.6 is 0 Å². The topological polar surface area (TPSA) is 79.8 Å². The monoisotopic (exact) mass is 420 g/mol. The van der Waals surface area contributed by atoms with Crippen molar-refractivity contribution in [2.75, 3.05) is 7.11 Å². The summed E-state index contributed by atoms with van der Waals surface area (Å²) >= 11 is 0. The van der Waals surface area contributed by atoms with E-state index in [9.17, 15) is 4.79 Å². The Morgan fingerprint density at radius 1 is 1.29 bits per heavy atom. The van der Waals surface area contributed by atoms with E-state index in [4.69, 9.17) is 4.74 Å². The number of methoxy groups -OCH3 is 1. The van der Waals surface area contributed by atoms with E-state index in [1.165, 1.54) is 18.0 Å². The fraction of sp³-hybridized carbons (Fsp3) is 0.182. The van der Waals surface area contributed by atoms with E-state index in [1.807, 2.05) is 6.92 Å². The van der Waals surface area contributed by atoms with Crippen molar-refractivity contribution in [1.82, 2.24) is 29.1 Å². The molecule has 31 heavy (non-hydrogen) atoms. The molecule has 4 aromatic rings. The van der Waals surface area contributed by atoms with Crippen LogP contribution in [0, 0.1) is 12.7 Å². The van der Waals surface area contributed by atoms with Gasteiger partial charge in [-0.1, -0.05) is 12.7 Å². The Balaban J connectivity index is 1.99. The second kappa shape index (κ2) is 7.67. The van der Waals surface area contributed by atoms with Gasteiger partial charge in [-0.15, -0.1) is 0 Å². The van der Waals surface area contributed by atoms with Crippen LogP contribution in [0.25, 0.3) is 33.8 Å². The van der Waals surface area contributed by atoms with Crippen LogP contribution in [0.5, 0.6) is 5.75 Å². The molecule has 0 saturated carbocycles. The smallest absolute Gasteiger partial charge is 0.251 e. The summed E-state index contributed by atoms with van der Waals surface area (Å²) in [7, 11) is 3.13. The third kappa shape index (κ3) is 3.24. The van der Waals surface area contributed by atoms with E-state index in [-0.39, 0.29) is 17.1 Å². The van der Waals surface area contributed by atoms with Crippen LogP contribution in [0.15, 0.2) is 54.1 Å². The predicted molar refractivity (Wildman–Crippen MR) is 117 cm³/mol. The van der Waals surface area contributed by atoms with Crippen molar-refractivity contribution in [2.24, 2.45) is 7.05 Å². The van der Waals surface area contributed by atoms with Crippen LogP contribution in [0.2, 0.25) is 0 Å². The summed E-state index contributed by atoms with van der Waals surface area (Å²) in [6, 6.07) is 4.96. The standard InChI is InChI=1S/C22H21FN6O2/c1-6-7-13(2)29-17(10-11-24-29)20-22(30)18(31-5)12-28(26-20)16-9-8-15-21(19(16)23)27(4)14(3)25-15/h6-12H,1H2,2-5H3/b13-7+. The van der Waals surface area contributed by atoms with Gasteiger partial charge < -0.3 is 9.30 Å². The molecule has 3 heterocycles. The van der Waals surface area contributed by atoms with E-state index in [0.29, 0.717) is 22.6 Å². The Morgan fingerprint density at radius 3 is 2.77 bits per heavy atom. The summed E-state index contributed by atoms with van der Waals surface area (Å²) < 4.78 is 25.3. The lowest BCUT2D eigenvalue weighted by Gasteiger charge is -2.13. The molecule has 0 fully saturated rings. The number of imidazole rings is 1. The maximum Gasteiger partial charge on any atom is 0.251 e. The van der Waals surface area contributed by atoms with Crippen LogP contribution in [0.4, 0.5) is 4.39 Å². The van der Waals surface area contributed by atoms with E-state index in [0.717, 1.165) is 5.70 Å².